The Bertz CT molecular complexity index is 518. The molecule has 2 heterocycles. The molecule has 0 radical (unpaired) electrons. The first-order chi connectivity index (χ1) is 10.0. The number of rotatable bonds is 5. The summed E-state index contributed by atoms with van der Waals surface area (Å²) < 4.78 is 0. The Morgan fingerprint density at radius 1 is 1.62 bits per heavy atom. The van der Waals surface area contributed by atoms with Gasteiger partial charge in [-0.3, -0.25) is 0 Å². The number of thiophene rings is 1. The minimum absolute atomic E-state index is 0.0285. The van der Waals surface area contributed by atoms with Crippen molar-refractivity contribution in [3.8, 4) is 0 Å². The van der Waals surface area contributed by atoms with Crippen LogP contribution in [0.25, 0.3) is 0 Å². The standard InChI is InChI=1S/C14H20N2O3S2/c1-3-20-8-9(2)15-14(19)16-6-4-11-10(5-7-21-11)12(16)13(17)18/h5,7,9,12H,3-4,6,8H2,1-2H3,(H,15,19)(H,17,18). The van der Waals surface area contributed by atoms with Gasteiger partial charge in [-0.1, -0.05) is 6.92 Å². The third-order valence-corrected chi connectivity index (χ3v) is 5.54. The van der Waals surface area contributed by atoms with Crippen molar-refractivity contribution in [3.05, 3.63) is 21.9 Å². The van der Waals surface area contributed by atoms with Crippen LogP contribution in [0.3, 0.4) is 0 Å². The largest absolute Gasteiger partial charge is 0.479 e. The lowest BCUT2D eigenvalue weighted by Gasteiger charge is -2.34. The van der Waals surface area contributed by atoms with E-state index in [0.29, 0.717) is 6.54 Å². The Labute approximate surface area is 132 Å². The second-order valence-corrected chi connectivity index (χ2v) is 7.31. The molecule has 7 heteroatoms. The van der Waals surface area contributed by atoms with Crippen molar-refractivity contribution < 1.29 is 14.7 Å². The van der Waals surface area contributed by atoms with Crippen LogP contribution in [-0.2, 0) is 11.2 Å². The van der Waals surface area contributed by atoms with Gasteiger partial charge in [0.15, 0.2) is 6.04 Å². The normalized spacial score (nSPS) is 19.0. The zero-order valence-corrected chi connectivity index (χ0v) is 13.8. The van der Waals surface area contributed by atoms with E-state index in [9.17, 15) is 14.7 Å². The molecule has 1 aromatic rings. The number of urea groups is 1. The lowest BCUT2D eigenvalue weighted by Crippen LogP contribution is -2.50. The Morgan fingerprint density at radius 3 is 3.05 bits per heavy atom. The second kappa shape index (κ2) is 7.17. The zero-order valence-electron chi connectivity index (χ0n) is 12.2. The van der Waals surface area contributed by atoms with Crippen LogP contribution < -0.4 is 5.32 Å². The van der Waals surface area contributed by atoms with Crippen molar-refractivity contribution in [1.29, 1.82) is 0 Å². The third-order valence-electron chi connectivity index (χ3n) is 3.40. The molecular weight excluding hydrogens is 308 g/mol. The summed E-state index contributed by atoms with van der Waals surface area (Å²) in [6.07, 6.45) is 0.724. The summed E-state index contributed by atoms with van der Waals surface area (Å²) in [5, 5.41) is 14.3. The van der Waals surface area contributed by atoms with Crippen LogP contribution in [0.4, 0.5) is 4.79 Å². The van der Waals surface area contributed by atoms with Crippen molar-refractivity contribution >= 4 is 35.1 Å². The highest BCUT2D eigenvalue weighted by Crippen LogP contribution is 2.33. The summed E-state index contributed by atoms with van der Waals surface area (Å²) >= 11 is 3.31. The minimum Gasteiger partial charge on any atom is -0.479 e. The van der Waals surface area contributed by atoms with Crippen molar-refractivity contribution in [2.24, 2.45) is 0 Å². The number of nitrogens with zero attached hydrogens (tertiary/aromatic N) is 1. The quantitative estimate of drug-likeness (QED) is 0.871. The third kappa shape index (κ3) is 3.71. The number of carboxylic acids is 1. The first-order valence-electron chi connectivity index (χ1n) is 6.98. The molecule has 0 aromatic carbocycles. The Hall–Kier alpha value is -1.21. The molecule has 0 spiro atoms. The molecular formula is C14H20N2O3S2. The molecule has 2 amide bonds. The zero-order chi connectivity index (χ0) is 15.4. The number of amides is 2. The second-order valence-electron chi connectivity index (χ2n) is 4.99. The van der Waals surface area contributed by atoms with E-state index in [-0.39, 0.29) is 12.1 Å². The molecule has 2 rings (SSSR count). The summed E-state index contributed by atoms with van der Waals surface area (Å²) in [5.41, 5.74) is 0.754. The number of fused-ring (bicyclic) bond motifs is 1. The Morgan fingerprint density at radius 2 is 2.38 bits per heavy atom. The maximum atomic E-state index is 12.4. The molecule has 0 aliphatic carbocycles. The average Bonchev–Trinajstić information content (AvgIpc) is 2.91. The molecule has 2 atom stereocenters. The summed E-state index contributed by atoms with van der Waals surface area (Å²) in [5.74, 6) is 0.859. The predicted octanol–water partition coefficient (Wildman–Crippen LogP) is 2.58. The van der Waals surface area contributed by atoms with Gasteiger partial charge in [0.05, 0.1) is 0 Å². The van der Waals surface area contributed by atoms with E-state index >= 15 is 0 Å². The molecule has 2 unspecified atom stereocenters. The van der Waals surface area contributed by atoms with Crippen LogP contribution >= 0.6 is 23.1 Å². The van der Waals surface area contributed by atoms with E-state index in [0.717, 1.165) is 28.4 Å². The number of aliphatic carboxylic acids is 1. The number of hydrogen-bond donors (Lipinski definition) is 2. The fourth-order valence-electron chi connectivity index (χ4n) is 2.43. The van der Waals surface area contributed by atoms with Gasteiger partial charge >= 0.3 is 12.0 Å². The van der Waals surface area contributed by atoms with Gasteiger partial charge in [-0.25, -0.2) is 9.59 Å². The number of hydrogen-bond acceptors (Lipinski definition) is 4. The molecule has 1 aliphatic heterocycles. The van der Waals surface area contributed by atoms with Crippen LogP contribution in [0, 0.1) is 0 Å². The summed E-state index contributed by atoms with van der Waals surface area (Å²) in [6.45, 7) is 4.46. The first kappa shape index (κ1) is 16.2. The van der Waals surface area contributed by atoms with Crippen LogP contribution in [0.15, 0.2) is 11.4 Å². The molecule has 1 aromatic heterocycles. The van der Waals surface area contributed by atoms with Gasteiger partial charge in [-0.15, -0.1) is 11.3 Å². The number of thioether (sulfide) groups is 1. The van der Waals surface area contributed by atoms with Crippen LogP contribution in [0.2, 0.25) is 0 Å². The fraction of sp³-hybridized carbons (Fsp3) is 0.571. The summed E-state index contributed by atoms with van der Waals surface area (Å²) in [7, 11) is 0. The lowest BCUT2D eigenvalue weighted by molar-refractivity contribution is -0.142. The van der Waals surface area contributed by atoms with E-state index in [1.807, 2.05) is 18.4 Å². The van der Waals surface area contributed by atoms with Gasteiger partial charge in [0.25, 0.3) is 0 Å². The molecule has 5 nitrogen and oxygen atoms in total. The first-order valence-corrected chi connectivity index (χ1v) is 9.02. The molecule has 116 valence electrons. The van der Waals surface area contributed by atoms with Gasteiger partial charge in [0.1, 0.15) is 0 Å². The number of carboxylic acid groups (broad SMARTS) is 1. The molecule has 1 aliphatic rings. The fourth-order valence-corrected chi connectivity index (χ4v) is 4.01. The van der Waals surface area contributed by atoms with Crippen molar-refractivity contribution in [3.63, 3.8) is 0 Å². The molecule has 0 fully saturated rings. The topological polar surface area (TPSA) is 69.6 Å². The highest BCUT2D eigenvalue weighted by Gasteiger charge is 2.36. The smallest absolute Gasteiger partial charge is 0.331 e. The van der Waals surface area contributed by atoms with E-state index in [2.05, 4.69) is 12.2 Å². The van der Waals surface area contributed by atoms with Gasteiger partial charge in [0, 0.05) is 23.2 Å². The average molecular weight is 328 g/mol. The van der Waals surface area contributed by atoms with E-state index in [1.54, 1.807) is 23.1 Å². The lowest BCUT2D eigenvalue weighted by atomic mass is 10.0. The highest BCUT2D eigenvalue weighted by molar-refractivity contribution is 7.99. The van der Waals surface area contributed by atoms with E-state index in [4.69, 9.17) is 0 Å². The van der Waals surface area contributed by atoms with Crippen molar-refractivity contribution in [1.82, 2.24) is 10.2 Å². The molecule has 0 saturated heterocycles. The van der Waals surface area contributed by atoms with Gasteiger partial charge in [0.2, 0.25) is 0 Å². The maximum Gasteiger partial charge on any atom is 0.331 e. The van der Waals surface area contributed by atoms with Crippen LogP contribution in [-0.4, -0.2) is 46.1 Å². The Kier molecular flexibility index (Phi) is 5.52. The van der Waals surface area contributed by atoms with E-state index in [1.165, 1.54) is 4.90 Å². The highest BCUT2D eigenvalue weighted by atomic mass is 32.2. The summed E-state index contributed by atoms with van der Waals surface area (Å²) in [6, 6.07) is 0.685. The van der Waals surface area contributed by atoms with Gasteiger partial charge in [-0.05, 0) is 36.1 Å². The van der Waals surface area contributed by atoms with Crippen LogP contribution in [0.1, 0.15) is 30.3 Å². The maximum absolute atomic E-state index is 12.4. The number of carbonyl (C=O) groups excluding carboxylic acids is 1. The number of carbonyl (C=O) groups is 2. The summed E-state index contributed by atoms with van der Waals surface area (Å²) in [4.78, 5) is 26.4. The molecule has 2 N–H and O–H groups in total. The molecule has 21 heavy (non-hydrogen) atoms. The van der Waals surface area contributed by atoms with E-state index < -0.39 is 12.0 Å². The Balaban J connectivity index is 2.08. The van der Waals surface area contributed by atoms with Crippen molar-refractivity contribution in [2.45, 2.75) is 32.4 Å². The van der Waals surface area contributed by atoms with Crippen molar-refractivity contribution in [2.75, 3.05) is 18.1 Å². The van der Waals surface area contributed by atoms with Gasteiger partial charge in [-0.2, -0.15) is 11.8 Å². The van der Waals surface area contributed by atoms with Crippen LogP contribution in [0.5, 0.6) is 0 Å². The predicted molar refractivity (Wildman–Crippen MR) is 86.1 cm³/mol. The molecule has 0 saturated carbocycles. The molecule has 0 bridgehead atoms. The van der Waals surface area contributed by atoms with Gasteiger partial charge < -0.3 is 15.3 Å². The number of nitrogens with one attached hydrogen (secondary N) is 1. The monoisotopic (exact) mass is 328 g/mol. The SMILES string of the molecule is CCSCC(C)NC(=O)N1CCc2sccc2C1C(=O)O. The minimum atomic E-state index is -0.972.